The van der Waals surface area contributed by atoms with Gasteiger partial charge in [-0.05, 0) is 12.8 Å². The molecule has 0 aromatic heterocycles. The van der Waals surface area contributed by atoms with Crippen LogP contribution in [0.4, 0.5) is 0 Å². The van der Waals surface area contributed by atoms with Crippen LogP contribution in [0.25, 0.3) is 0 Å². The topological polar surface area (TPSA) is 63.3 Å². The maximum Gasteiger partial charge on any atom is 0.220 e. The molecule has 0 bridgehead atoms. The van der Waals surface area contributed by atoms with Gasteiger partial charge in [-0.1, -0.05) is 78.1 Å². The van der Waals surface area contributed by atoms with Gasteiger partial charge in [0.05, 0.1) is 6.10 Å². The minimum Gasteiger partial charge on any atom is -0.393 e. The molecule has 0 rings (SSSR count). The molecule has 3 N–H and O–H groups in total. The highest BCUT2D eigenvalue weighted by Gasteiger charge is 2.14. The number of amides is 1. The summed E-state index contributed by atoms with van der Waals surface area (Å²) >= 11 is 0. The van der Waals surface area contributed by atoms with Gasteiger partial charge in [0.2, 0.25) is 5.91 Å². The van der Waals surface area contributed by atoms with Crippen LogP contribution in [0.5, 0.6) is 0 Å². The van der Waals surface area contributed by atoms with Gasteiger partial charge in [0.15, 0.2) is 0 Å². The maximum absolute atomic E-state index is 10.9. The van der Waals surface area contributed by atoms with Crippen molar-refractivity contribution in [3.63, 3.8) is 0 Å². The zero-order valence-electron chi connectivity index (χ0n) is 13.6. The van der Waals surface area contributed by atoms with Gasteiger partial charge in [0.1, 0.15) is 0 Å². The lowest BCUT2D eigenvalue weighted by molar-refractivity contribution is -0.122. The lowest BCUT2D eigenvalue weighted by atomic mass is 9.98. The minimum atomic E-state index is -0.369. The van der Waals surface area contributed by atoms with Gasteiger partial charge < -0.3 is 10.8 Å². The average molecular weight is 285 g/mol. The predicted molar refractivity (Wildman–Crippen MR) is 85.4 cm³/mol. The van der Waals surface area contributed by atoms with Gasteiger partial charge in [-0.2, -0.15) is 0 Å². The van der Waals surface area contributed by atoms with Crippen molar-refractivity contribution < 1.29 is 9.90 Å². The Labute approximate surface area is 125 Å². The standard InChI is InChI=1S/C17H35NO2/c1-3-4-5-6-7-8-9-10-11-12-13-16(19)14-15(2)17(18)20/h15-16,19H,3-14H2,1-2H3,(H2,18,20). The van der Waals surface area contributed by atoms with Gasteiger partial charge in [-0.3, -0.25) is 4.79 Å². The summed E-state index contributed by atoms with van der Waals surface area (Å²) in [5, 5.41) is 9.78. The molecule has 0 saturated heterocycles. The number of unbranched alkanes of at least 4 members (excludes halogenated alkanes) is 9. The van der Waals surface area contributed by atoms with Crippen LogP contribution in [0.2, 0.25) is 0 Å². The quantitative estimate of drug-likeness (QED) is 0.470. The van der Waals surface area contributed by atoms with E-state index in [-0.39, 0.29) is 17.9 Å². The molecule has 0 saturated carbocycles. The summed E-state index contributed by atoms with van der Waals surface area (Å²) in [4.78, 5) is 10.9. The molecule has 0 aliphatic rings. The fraction of sp³-hybridized carbons (Fsp3) is 0.941. The number of aliphatic hydroxyl groups excluding tert-OH is 1. The summed E-state index contributed by atoms with van der Waals surface area (Å²) in [5.74, 6) is -0.528. The highest BCUT2D eigenvalue weighted by Crippen LogP contribution is 2.14. The zero-order valence-corrected chi connectivity index (χ0v) is 13.6. The van der Waals surface area contributed by atoms with Crippen molar-refractivity contribution in [2.75, 3.05) is 0 Å². The van der Waals surface area contributed by atoms with Gasteiger partial charge >= 0.3 is 0 Å². The number of hydrogen-bond acceptors (Lipinski definition) is 2. The second kappa shape index (κ2) is 13.4. The third-order valence-corrected chi connectivity index (χ3v) is 4.00. The van der Waals surface area contributed by atoms with Crippen LogP contribution in [0, 0.1) is 5.92 Å². The number of nitrogens with two attached hydrogens (primary N) is 1. The van der Waals surface area contributed by atoms with Crippen LogP contribution < -0.4 is 5.73 Å². The van der Waals surface area contributed by atoms with E-state index in [0.717, 1.165) is 12.8 Å². The Morgan fingerprint density at radius 3 is 1.85 bits per heavy atom. The highest BCUT2D eigenvalue weighted by atomic mass is 16.3. The highest BCUT2D eigenvalue weighted by molar-refractivity contribution is 5.76. The summed E-state index contributed by atoms with van der Waals surface area (Å²) in [5.41, 5.74) is 5.19. The van der Waals surface area contributed by atoms with Crippen LogP contribution in [-0.2, 0) is 4.79 Å². The molecule has 3 nitrogen and oxygen atoms in total. The van der Waals surface area contributed by atoms with E-state index < -0.39 is 0 Å². The average Bonchev–Trinajstić information content (AvgIpc) is 2.40. The smallest absolute Gasteiger partial charge is 0.220 e. The fourth-order valence-electron chi connectivity index (χ4n) is 2.51. The molecule has 20 heavy (non-hydrogen) atoms. The monoisotopic (exact) mass is 285 g/mol. The van der Waals surface area contributed by atoms with Crippen molar-refractivity contribution in [2.45, 2.75) is 97.0 Å². The molecule has 3 heteroatoms. The molecule has 1 amide bonds. The van der Waals surface area contributed by atoms with E-state index in [1.807, 2.05) is 0 Å². The largest absolute Gasteiger partial charge is 0.393 e. The summed E-state index contributed by atoms with van der Waals surface area (Å²) in [6.45, 7) is 4.03. The Kier molecular flexibility index (Phi) is 13.0. The molecule has 2 atom stereocenters. The van der Waals surface area contributed by atoms with Crippen LogP contribution in [-0.4, -0.2) is 17.1 Å². The molecule has 120 valence electrons. The normalized spacial score (nSPS) is 14.2. The Morgan fingerprint density at radius 2 is 1.40 bits per heavy atom. The Balaban J connectivity index is 3.25. The molecule has 0 aromatic rings. The SMILES string of the molecule is CCCCCCCCCCCCC(O)CC(C)C(N)=O. The number of primary amides is 1. The van der Waals surface area contributed by atoms with Crippen molar-refractivity contribution in [2.24, 2.45) is 11.7 Å². The van der Waals surface area contributed by atoms with Crippen molar-refractivity contribution in [1.29, 1.82) is 0 Å². The Morgan fingerprint density at radius 1 is 0.950 bits per heavy atom. The van der Waals surface area contributed by atoms with E-state index >= 15 is 0 Å². The van der Waals surface area contributed by atoms with E-state index in [4.69, 9.17) is 5.73 Å². The number of carbonyl (C=O) groups excluding carboxylic acids is 1. The van der Waals surface area contributed by atoms with Crippen LogP contribution in [0.15, 0.2) is 0 Å². The molecule has 2 unspecified atom stereocenters. The van der Waals surface area contributed by atoms with Crippen LogP contribution in [0.1, 0.15) is 90.9 Å². The summed E-state index contributed by atoms with van der Waals surface area (Å²) in [7, 11) is 0. The van der Waals surface area contributed by atoms with Crippen molar-refractivity contribution >= 4 is 5.91 Å². The van der Waals surface area contributed by atoms with Gasteiger partial charge in [-0.25, -0.2) is 0 Å². The Bertz CT molecular complexity index is 231. The zero-order chi connectivity index (χ0) is 15.2. The lowest BCUT2D eigenvalue weighted by Crippen LogP contribution is -2.24. The second-order valence-electron chi connectivity index (χ2n) is 6.16. The molecular weight excluding hydrogens is 250 g/mol. The molecule has 0 aliphatic heterocycles. The number of aliphatic hydroxyl groups is 1. The summed E-state index contributed by atoms with van der Waals surface area (Å²) in [6.07, 6.45) is 14.0. The summed E-state index contributed by atoms with van der Waals surface area (Å²) < 4.78 is 0. The van der Waals surface area contributed by atoms with E-state index in [0.29, 0.717) is 6.42 Å². The first-order valence-corrected chi connectivity index (χ1v) is 8.55. The molecule has 0 fully saturated rings. The van der Waals surface area contributed by atoms with Crippen molar-refractivity contribution in [3.05, 3.63) is 0 Å². The Hall–Kier alpha value is -0.570. The first-order chi connectivity index (χ1) is 9.57. The molecule has 0 radical (unpaired) electrons. The lowest BCUT2D eigenvalue weighted by Gasteiger charge is -2.13. The van der Waals surface area contributed by atoms with E-state index in [1.165, 1.54) is 57.8 Å². The number of carbonyl (C=O) groups is 1. The van der Waals surface area contributed by atoms with Crippen molar-refractivity contribution in [3.8, 4) is 0 Å². The fourth-order valence-corrected chi connectivity index (χ4v) is 2.51. The van der Waals surface area contributed by atoms with E-state index in [9.17, 15) is 9.90 Å². The van der Waals surface area contributed by atoms with Crippen molar-refractivity contribution in [1.82, 2.24) is 0 Å². The molecular formula is C17H35NO2. The number of hydrogen-bond donors (Lipinski definition) is 2. The first kappa shape index (κ1) is 19.4. The third kappa shape index (κ3) is 12.5. The maximum atomic E-state index is 10.9. The first-order valence-electron chi connectivity index (χ1n) is 8.55. The van der Waals surface area contributed by atoms with Crippen LogP contribution >= 0.6 is 0 Å². The predicted octanol–water partition coefficient (Wildman–Crippen LogP) is 4.17. The second-order valence-corrected chi connectivity index (χ2v) is 6.16. The third-order valence-electron chi connectivity index (χ3n) is 4.00. The van der Waals surface area contributed by atoms with Crippen LogP contribution in [0.3, 0.4) is 0 Å². The summed E-state index contributed by atoms with van der Waals surface area (Å²) in [6, 6.07) is 0. The molecule has 0 heterocycles. The minimum absolute atomic E-state index is 0.215. The molecule has 0 aliphatic carbocycles. The van der Waals surface area contributed by atoms with E-state index in [1.54, 1.807) is 6.92 Å². The van der Waals surface area contributed by atoms with E-state index in [2.05, 4.69) is 6.92 Å². The number of rotatable bonds is 14. The van der Waals surface area contributed by atoms with Gasteiger partial charge in [0.25, 0.3) is 0 Å². The molecule has 0 aromatic carbocycles. The van der Waals surface area contributed by atoms with Gasteiger partial charge in [-0.15, -0.1) is 0 Å². The molecule has 0 spiro atoms. The van der Waals surface area contributed by atoms with Gasteiger partial charge in [0, 0.05) is 5.92 Å².